The van der Waals surface area contributed by atoms with Gasteiger partial charge in [-0.1, -0.05) is 240 Å². The molecule has 21 rings (SSSR count). The lowest BCUT2D eigenvalue weighted by atomic mass is 9.79. The molecule has 0 bridgehead atoms. The van der Waals surface area contributed by atoms with Gasteiger partial charge in [0, 0.05) is 105 Å². The number of halogens is 1. The summed E-state index contributed by atoms with van der Waals surface area (Å²) in [6.07, 6.45) is 25.0. The molecule has 4 aliphatic rings. The maximum absolute atomic E-state index is 6.34. The summed E-state index contributed by atoms with van der Waals surface area (Å²) in [6.45, 7) is 10.5. The lowest BCUT2D eigenvalue weighted by Crippen LogP contribution is -2.41. The highest BCUT2D eigenvalue weighted by Crippen LogP contribution is 2.45. The Morgan fingerprint density at radius 3 is 1.60 bits per heavy atom. The molecule has 13 aromatic carbocycles. The van der Waals surface area contributed by atoms with Crippen molar-refractivity contribution in [2.75, 3.05) is 16.9 Å². The van der Waals surface area contributed by atoms with Crippen molar-refractivity contribution < 1.29 is 22.9 Å². The second-order valence-corrected chi connectivity index (χ2v) is 34.2. The third kappa shape index (κ3) is 16.6. The van der Waals surface area contributed by atoms with Crippen LogP contribution in [-0.2, 0) is 9.31 Å². The molecule has 2 N–H and O–H groups in total. The molecule has 1 saturated heterocycles. The third-order valence-electron chi connectivity index (χ3n) is 23.4. The van der Waals surface area contributed by atoms with E-state index >= 15 is 0 Å². The Hall–Kier alpha value is -11.5. The maximum Gasteiger partial charge on any atom is 0.494 e. The Bertz CT molecular complexity index is 6360. The Morgan fingerprint density at radius 2 is 0.940 bits per heavy atom. The number of aromatic amines is 2. The van der Waals surface area contributed by atoms with Crippen molar-refractivity contribution in [1.29, 1.82) is 0 Å². The number of ether oxygens (including phenoxy) is 1. The standard InChI is InChI=1S/C36H24N2O.C30H27BNO3.C20H25OP.C12H8BrN.C6H12/c1-2-10-26(11-3-1)38(28-18-20-36-32(23-28)30-14-5-7-16-35(30)39-36)27-12-8-9-24(21-27)25-17-19-34-31(22-25)29-13-4-6-15-33(29)37-34;1-29(2)30(3,4)35-31(34-29)21-11-10-14-23(19-21)32(22-12-6-5-7-13-22)24-17-18-28-26(20-24)25-15-8-9-16-27(25)33-28;1-15-9-8-13-18(21-2)20(15)17-12-6-7-14-19(17)22-16-10-4-3-5-11-16;13-8-5-6-12-10(7-8)9-3-1-2-4-11(9)14-12;1-2-4-6-5-3-1/h1-23,37H;5-8,10-20H,1-4H3;6-9,12-14,16,22H,3-5,10-11H2,1-2H3;1-7,14H;1-6H2/q;+1;;;. The van der Waals surface area contributed by atoms with Crippen molar-refractivity contribution in [3.8, 4) is 28.0 Å². The van der Waals surface area contributed by atoms with Crippen LogP contribution in [0, 0.1) is 13.0 Å². The molecule has 12 heteroatoms. The second-order valence-electron chi connectivity index (χ2n) is 31.6. The molecule has 17 aromatic rings. The van der Waals surface area contributed by atoms with Crippen LogP contribution >= 0.6 is 24.5 Å². The van der Waals surface area contributed by atoms with E-state index in [1.165, 1.54) is 136 Å². The molecule has 576 valence electrons. The summed E-state index contributed by atoms with van der Waals surface area (Å²) in [5, 5.41) is 9.87. The van der Waals surface area contributed by atoms with Gasteiger partial charge in [0.25, 0.3) is 0 Å². The number of anilines is 6. The van der Waals surface area contributed by atoms with Gasteiger partial charge in [0.15, 0.2) is 5.58 Å². The smallest absolute Gasteiger partial charge is 0.494 e. The van der Waals surface area contributed by atoms with Crippen molar-refractivity contribution in [2.24, 2.45) is 0 Å². The molecule has 2 saturated carbocycles. The molecular weight excluding hydrogens is 1510 g/mol. The largest absolute Gasteiger partial charge is 0.496 e. The Labute approximate surface area is 691 Å². The predicted molar refractivity (Wildman–Crippen MR) is 496 cm³/mol. The van der Waals surface area contributed by atoms with E-state index in [-0.39, 0.29) is 0 Å². The lowest BCUT2D eigenvalue weighted by molar-refractivity contribution is 0.00578. The molecule has 5 heterocycles. The Balaban J connectivity index is 0.000000114. The summed E-state index contributed by atoms with van der Waals surface area (Å²) in [7, 11) is 2.26. The predicted octanol–water partition coefficient (Wildman–Crippen LogP) is 29.1. The van der Waals surface area contributed by atoms with Crippen molar-refractivity contribution in [3.63, 3.8) is 0 Å². The fraction of sp³-hybridized carbons (Fsp3) is 0.192. The lowest BCUT2D eigenvalue weighted by Gasteiger charge is -2.32. The summed E-state index contributed by atoms with van der Waals surface area (Å²) in [6, 6.07) is 104. The number of H-pyrrole nitrogens is 2. The zero-order valence-electron chi connectivity index (χ0n) is 66.8. The molecule has 3 aliphatic carbocycles. The number of para-hydroxylation sites is 5. The Kier molecular flexibility index (Phi) is 22.9. The van der Waals surface area contributed by atoms with Gasteiger partial charge < -0.3 is 42.6 Å². The number of hydrogen-bond acceptors (Lipinski definition) is 7. The first-order chi connectivity index (χ1) is 56.8. The van der Waals surface area contributed by atoms with Crippen LogP contribution in [0.15, 0.2) is 317 Å². The summed E-state index contributed by atoms with van der Waals surface area (Å²) in [5.74, 6) is 1.83. The number of fused-ring (bicyclic) bond motifs is 12. The molecule has 1 atom stereocenters. The highest BCUT2D eigenvalue weighted by Gasteiger charge is 2.52. The van der Waals surface area contributed by atoms with Crippen LogP contribution in [0.4, 0.5) is 34.1 Å². The fourth-order valence-electron chi connectivity index (χ4n) is 16.7. The van der Waals surface area contributed by atoms with Crippen LogP contribution in [0.1, 0.15) is 115 Å². The second kappa shape index (κ2) is 34.5. The first-order valence-corrected chi connectivity index (χ1v) is 42.8. The summed E-state index contributed by atoms with van der Waals surface area (Å²) >= 11 is 3.49. The van der Waals surface area contributed by atoms with Crippen LogP contribution in [0.5, 0.6) is 5.75 Å². The molecule has 4 aromatic heterocycles. The molecule has 0 radical (unpaired) electrons. The van der Waals surface area contributed by atoms with Gasteiger partial charge in [0.1, 0.15) is 34.6 Å². The first-order valence-electron chi connectivity index (χ1n) is 40.9. The third-order valence-corrected chi connectivity index (χ3v) is 25.6. The molecular formula is C104H96BBrN4O5P+. The van der Waals surface area contributed by atoms with Crippen LogP contribution in [0.2, 0.25) is 0 Å². The van der Waals surface area contributed by atoms with E-state index in [9.17, 15) is 0 Å². The number of rotatable bonds is 12. The number of benzene rings is 13. The summed E-state index contributed by atoms with van der Waals surface area (Å²) in [4.78, 5) is 11.5. The SMILES string of the molecule is Brc1ccc2[nH]c3ccccc3c2c1.C1CCCCC1.CC1(C)OB(c2cccc(N(c3ccccc3)c3ccc4oc5c(c4c3)C=C[C+]=C5)c2)OC1(C)C.COc1cccc(C)c1-c1ccccc1PC1CCCCC1.c1ccc(N(c2cccc(-c3ccc4[nH]c5ccccc5c4c3)c2)c2ccc3oc4ccccc4c3c2)cc1. The van der Waals surface area contributed by atoms with Crippen LogP contribution in [0.25, 0.3) is 111 Å². The van der Waals surface area contributed by atoms with Crippen molar-refractivity contribution >= 4 is 165 Å². The number of furan rings is 2. The number of hydrogen-bond donors (Lipinski definition) is 2. The van der Waals surface area contributed by atoms with E-state index in [4.69, 9.17) is 22.9 Å². The topological polar surface area (TPSA) is 92.0 Å². The molecule has 0 amide bonds. The summed E-state index contributed by atoms with van der Waals surface area (Å²) in [5.41, 5.74) is 22.3. The number of nitrogens with one attached hydrogen (secondary N) is 2. The van der Waals surface area contributed by atoms with Gasteiger partial charge in [-0.2, -0.15) is 0 Å². The quantitative estimate of drug-likeness (QED) is 0.0715. The highest BCUT2D eigenvalue weighted by atomic mass is 79.9. The number of allylic oxidation sites excluding steroid dienone is 2. The normalized spacial score (nSPS) is 14.8. The molecule has 3 fully saturated rings. The minimum Gasteiger partial charge on any atom is -0.496 e. The van der Waals surface area contributed by atoms with Crippen molar-refractivity contribution in [3.05, 3.63) is 331 Å². The first kappa shape index (κ1) is 77.1. The van der Waals surface area contributed by atoms with Crippen molar-refractivity contribution in [1.82, 2.24) is 9.97 Å². The van der Waals surface area contributed by atoms with E-state index in [0.717, 1.165) is 119 Å². The zero-order valence-corrected chi connectivity index (χ0v) is 69.4. The monoisotopic (exact) mass is 1600 g/mol. The molecule has 1 unspecified atom stereocenters. The van der Waals surface area contributed by atoms with Gasteiger partial charge >= 0.3 is 7.12 Å². The number of aromatic nitrogens is 2. The minimum atomic E-state index is -0.422. The maximum atomic E-state index is 6.34. The molecule has 9 nitrogen and oxygen atoms in total. The van der Waals surface area contributed by atoms with Gasteiger partial charge in [-0.3, -0.25) is 0 Å². The van der Waals surface area contributed by atoms with Crippen molar-refractivity contribution in [2.45, 2.75) is 122 Å². The fourth-order valence-corrected chi connectivity index (χ4v) is 18.7. The number of nitrogens with zero attached hydrogens (tertiary/aromatic N) is 2. The average Bonchev–Trinajstić information content (AvgIpc) is 1.59. The zero-order chi connectivity index (χ0) is 79.1. The minimum absolute atomic E-state index is 0.391. The van der Waals surface area contributed by atoms with E-state index < -0.39 is 18.3 Å². The van der Waals surface area contributed by atoms with E-state index in [1.54, 1.807) is 7.11 Å². The van der Waals surface area contributed by atoms with Crippen LogP contribution in [-0.4, -0.2) is 41.1 Å². The van der Waals surface area contributed by atoms with E-state index in [0.29, 0.717) is 0 Å². The Morgan fingerprint density at radius 1 is 0.431 bits per heavy atom. The number of aryl methyl sites for hydroxylation is 1. The van der Waals surface area contributed by atoms with Crippen LogP contribution in [0.3, 0.4) is 0 Å². The highest BCUT2D eigenvalue weighted by molar-refractivity contribution is 9.10. The van der Waals surface area contributed by atoms with Gasteiger partial charge in [-0.25, -0.2) is 0 Å². The average molecular weight is 1600 g/mol. The molecule has 116 heavy (non-hydrogen) atoms. The van der Waals surface area contributed by atoms with Gasteiger partial charge in [0.05, 0.1) is 29.8 Å². The van der Waals surface area contributed by atoms with E-state index in [1.807, 2.05) is 42.5 Å². The molecule has 1 aliphatic heterocycles. The summed E-state index contributed by atoms with van der Waals surface area (Å²) < 4.78 is 31.6. The number of methoxy groups -OCH3 is 1. The van der Waals surface area contributed by atoms with E-state index in [2.05, 4.69) is 349 Å². The van der Waals surface area contributed by atoms with Gasteiger partial charge in [-0.05, 0) is 226 Å². The van der Waals surface area contributed by atoms with Gasteiger partial charge in [-0.15, -0.1) is 0 Å². The van der Waals surface area contributed by atoms with Crippen LogP contribution < -0.4 is 25.3 Å². The van der Waals surface area contributed by atoms with Gasteiger partial charge in [0.2, 0.25) is 5.76 Å². The molecule has 0 spiro atoms.